The molecule has 1 rings (SSSR count). The van der Waals surface area contributed by atoms with Crippen LogP contribution in [0.2, 0.25) is 0 Å². The fourth-order valence-corrected chi connectivity index (χ4v) is 1.10. The fourth-order valence-electron chi connectivity index (χ4n) is 1.10. The fraction of sp³-hybridized carbons (Fsp3) is 0.222. The molecule has 16 heavy (non-hydrogen) atoms. The van der Waals surface area contributed by atoms with Crippen LogP contribution in [0.15, 0.2) is 29.5 Å². The van der Waals surface area contributed by atoms with Crippen LogP contribution in [0.4, 0.5) is 0 Å². The molecule has 0 saturated heterocycles. The number of nitrogens with two attached hydrogens (primary N) is 1. The zero-order valence-corrected chi connectivity index (χ0v) is 8.28. The third-order valence-electron chi connectivity index (χ3n) is 1.86. The maximum absolute atomic E-state index is 11.1. The summed E-state index contributed by atoms with van der Waals surface area (Å²) in [6.07, 6.45) is 0.236. The molecule has 0 aliphatic heterocycles. The Labute approximate surface area is 91.0 Å². The second-order valence-electron chi connectivity index (χ2n) is 3.06. The van der Waals surface area contributed by atoms with Crippen molar-refractivity contribution in [1.29, 1.82) is 0 Å². The summed E-state index contributed by atoms with van der Waals surface area (Å²) in [5.74, 6) is -0.667. The van der Waals surface area contributed by atoms with E-state index in [4.69, 9.17) is 16.4 Å². The minimum absolute atomic E-state index is 0.133. The van der Waals surface area contributed by atoms with E-state index in [1.54, 1.807) is 12.1 Å². The molecule has 0 bridgehead atoms. The van der Waals surface area contributed by atoms with Gasteiger partial charge in [0.1, 0.15) is 17.1 Å². The highest BCUT2D eigenvalue weighted by atomic mass is 16.7. The minimum atomic E-state index is -0.907. The van der Waals surface area contributed by atoms with Crippen LogP contribution in [0, 0.1) is 0 Å². The summed E-state index contributed by atoms with van der Waals surface area (Å²) < 4.78 is 0. The lowest BCUT2D eigenvalue weighted by Crippen LogP contribution is -2.33. The quantitative estimate of drug-likeness (QED) is 0.342. The SMILES string of the molecule is [N-]=[N+]=NOC(=O)[C@@H](N)Cc1ccc(O)cc1. The summed E-state index contributed by atoms with van der Waals surface area (Å²) in [6.45, 7) is 0. The third-order valence-corrected chi connectivity index (χ3v) is 1.86. The number of rotatable bonds is 4. The van der Waals surface area contributed by atoms with Crippen molar-refractivity contribution in [1.82, 2.24) is 0 Å². The lowest BCUT2D eigenvalue weighted by molar-refractivity contribution is -0.145. The van der Waals surface area contributed by atoms with Gasteiger partial charge in [0.05, 0.1) is 0 Å². The van der Waals surface area contributed by atoms with E-state index in [2.05, 4.69) is 15.0 Å². The van der Waals surface area contributed by atoms with Gasteiger partial charge in [0.15, 0.2) is 0 Å². The molecule has 0 spiro atoms. The Hall–Kier alpha value is -2.24. The molecule has 7 nitrogen and oxygen atoms in total. The number of carbonyl (C=O) groups is 1. The van der Waals surface area contributed by atoms with E-state index in [1.807, 2.05) is 0 Å². The third kappa shape index (κ3) is 3.49. The number of carbonyl (C=O) groups excluding carboxylic acids is 1. The molecular formula is C9H10N4O3. The number of hydrogen-bond acceptors (Lipinski definition) is 5. The molecule has 0 amide bonds. The van der Waals surface area contributed by atoms with Gasteiger partial charge in [-0.1, -0.05) is 12.1 Å². The van der Waals surface area contributed by atoms with Crippen LogP contribution in [0.3, 0.4) is 0 Å². The van der Waals surface area contributed by atoms with Gasteiger partial charge in [0.2, 0.25) is 0 Å². The van der Waals surface area contributed by atoms with Gasteiger partial charge in [-0.3, -0.25) is 0 Å². The van der Waals surface area contributed by atoms with Gasteiger partial charge in [0, 0.05) is 4.91 Å². The van der Waals surface area contributed by atoms with E-state index in [0.717, 1.165) is 5.56 Å². The summed E-state index contributed by atoms with van der Waals surface area (Å²) in [6, 6.07) is 5.34. The van der Waals surface area contributed by atoms with Crippen molar-refractivity contribution in [3.05, 3.63) is 40.3 Å². The highest BCUT2D eigenvalue weighted by Crippen LogP contribution is 2.11. The molecular weight excluding hydrogens is 212 g/mol. The number of aromatic hydroxyl groups is 1. The average molecular weight is 222 g/mol. The minimum Gasteiger partial charge on any atom is -0.508 e. The van der Waals surface area contributed by atoms with Crippen LogP contribution in [-0.4, -0.2) is 17.1 Å². The van der Waals surface area contributed by atoms with Gasteiger partial charge < -0.3 is 15.7 Å². The first kappa shape index (κ1) is 11.8. The van der Waals surface area contributed by atoms with Crippen LogP contribution in [-0.2, 0) is 16.1 Å². The molecule has 0 radical (unpaired) electrons. The van der Waals surface area contributed by atoms with Crippen molar-refractivity contribution < 1.29 is 14.7 Å². The van der Waals surface area contributed by atoms with Crippen LogP contribution in [0.25, 0.3) is 10.4 Å². The normalized spacial score (nSPS) is 11.3. The maximum Gasteiger partial charge on any atom is 0.334 e. The lowest BCUT2D eigenvalue weighted by atomic mass is 10.1. The topological polar surface area (TPSA) is 121 Å². The largest absolute Gasteiger partial charge is 0.508 e. The zero-order chi connectivity index (χ0) is 12.0. The van der Waals surface area contributed by atoms with Gasteiger partial charge in [-0.25, -0.2) is 4.79 Å². The van der Waals surface area contributed by atoms with Crippen LogP contribution in [0.1, 0.15) is 5.56 Å². The standard InChI is InChI=1S/C9H10N4O3/c10-8(9(15)16-13-12-11)5-6-1-3-7(14)4-2-6/h1-4,8,14H,5,10H2/t8-/m0/s1. The molecule has 0 unspecified atom stereocenters. The molecule has 1 aromatic carbocycles. The van der Waals surface area contributed by atoms with E-state index in [-0.39, 0.29) is 12.2 Å². The average Bonchev–Trinajstić information content (AvgIpc) is 2.29. The van der Waals surface area contributed by atoms with Gasteiger partial charge in [-0.2, -0.15) is 0 Å². The van der Waals surface area contributed by atoms with E-state index < -0.39 is 12.0 Å². The first-order valence-corrected chi connectivity index (χ1v) is 4.42. The highest BCUT2D eigenvalue weighted by Gasteiger charge is 2.15. The summed E-state index contributed by atoms with van der Waals surface area (Å²) in [4.78, 5) is 17.5. The van der Waals surface area contributed by atoms with Crippen molar-refractivity contribution in [2.75, 3.05) is 0 Å². The highest BCUT2D eigenvalue weighted by molar-refractivity contribution is 5.75. The summed E-state index contributed by atoms with van der Waals surface area (Å²) in [7, 11) is 0. The van der Waals surface area contributed by atoms with E-state index in [9.17, 15) is 4.79 Å². The number of hydrogen-bond donors (Lipinski definition) is 2. The number of benzene rings is 1. The molecule has 0 aliphatic carbocycles. The van der Waals surface area contributed by atoms with Crippen molar-refractivity contribution in [2.45, 2.75) is 12.5 Å². The molecule has 0 aromatic heterocycles. The molecule has 0 saturated carbocycles. The molecule has 0 aliphatic rings. The predicted molar refractivity (Wildman–Crippen MR) is 55.0 cm³/mol. The summed E-state index contributed by atoms with van der Waals surface area (Å²) in [5.41, 5.74) is 14.2. The molecule has 3 N–H and O–H groups in total. The van der Waals surface area contributed by atoms with E-state index in [1.165, 1.54) is 12.1 Å². The number of phenols is 1. The molecule has 84 valence electrons. The molecule has 1 aromatic rings. The predicted octanol–water partition coefficient (Wildman–Crippen LogP) is 1.03. The molecule has 0 heterocycles. The van der Waals surface area contributed by atoms with Crippen LogP contribution >= 0.6 is 0 Å². The van der Waals surface area contributed by atoms with Gasteiger partial charge in [-0.15, -0.1) is 0 Å². The second kappa shape index (κ2) is 5.59. The summed E-state index contributed by atoms with van der Waals surface area (Å²) >= 11 is 0. The maximum atomic E-state index is 11.1. The van der Waals surface area contributed by atoms with Crippen molar-refractivity contribution >= 4 is 5.97 Å². The van der Waals surface area contributed by atoms with Gasteiger partial charge in [0.25, 0.3) is 0 Å². The summed E-state index contributed by atoms with van der Waals surface area (Å²) in [5, 5.41) is 11.7. The Morgan fingerprint density at radius 1 is 1.56 bits per heavy atom. The number of azide groups is 1. The van der Waals surface area contributed by atoms with E-state index >= 15 is 0 Å². The smallest absolute Gasteiger partial charge is 0.334 e. The van der Waals surface area contributed by atoms with Crippen molar-refractivity contribution in [3.63, 3.8) is 0 Å². The van der Waals surface area contributed by atoms with Crippen LogP contribution in [0.5, 0.6) is 5.75 Å². The van der Waals surface area contributed by atoms with Gasteiger partial charge in [-0.05, 0) is 29.6 Å². The number of nitrogens with zero attached hydrogens (tertiary/aromatic N) is 3. The Morgan fingerprint density at radius 2 is 2.19 bits per heavy atom. The first-order chi connectivity index (χ1) is 7.63. The first-order valence-electron chi connectivity index (χ1n) is 4.42. The van der Waals surface area contributed by atoms with Gasteiger partial charge >= 0.3 is 5.97 Å². The Kier molecular flexibility index (Phi) is 4.14. The zero-order valence-electron chi connectivity index (χ0n) is 8.28. The van der Waals surface area contributed by atoms with Crippen molar-refractivity contribution in [2.24, 2.45) is 11.0 Å². The van der Waals surface area contributed by atoms with Crippen LogP contribution < -0.4 is 5.73 Å². The second-order valence-corrected chi connectivity index (χ2v) is 3.06. The Balaban J connectivity index is 2.56. The monoisotopic (exact) mass is 222 g/mol. The Bertz CT molecular complexity index is 411. The molecule has 0 fully saturated rings. The number of phenolic OH excluding ortho intramolecular Hbond substituents is 1. The molecule has 1 atom stereocenters. The lowest BCUT2D eigenvalue weighted by Gasteiger charge is -2.07. The van der Waals surface area contributed by atoms with Crippen molar-refractivity contribution in [3.8, 4) is 5.75 Å². The molecule has 7 heteroatoms. The van der Waals surface area contributed by atoms with E-state index in [0.29, 0.717) is 0 Å². The Morgan fingerprint density at radius 3 is 2.75 bits per heavy atom.